The number of nitrogens with zero attached hydrogens (tertiary/aromatic N) is 2. The van der Waals surface area contributed by atoms with Gasteiger partial charge < -0.3 is 0 Å². The maximum Gasteiger partial charge on any atom is 0.121 e. The predicted molar refractivity (Wildman–Crippen MR) is 49.0 cm³/mol. The Balaban J connectivity index is 2.70. The topological polar surface area (TPSA) is 17.8 Å². The monoisotopic (exact) mass is 159 g/mol. The highest BCUT2D eigenvalue weighted by atomic mass is 15.3. The fraction of sp³-hybridized carbons (Fsp3) is 0.300. The smallest absolute Gasteiger partial charge is 0.121 e. The van der Waals surface area contributed by atoms with Crippen LogP contribution >= 0.6 is 0 Å². The largest absolute Gasteiger partial charge is 0.262 e. The molecule has 0 fully saturated rings. The Bertz CT molecular complexity index is 387. The molecule has 2 heteroatoms. The van der Waals surface area contributed by atoms with Gasteiger partial charge in [0.1, 0.15) is 6.20 Å². The average molecular weight is 159 g/mol. The molecule has 1 aromatic carbocycles. The summed E-state index contributed by atoms with van der Waals surface area (Å²) < 4.78 is 1.98. The van der Waals surface area contributed by atoms with E-state index < -0.39 is 0 Å². The minimum atomic E-state index is 0.404. The van der Waals surface area contributed by atoms with Gasteiger partial charge in [-0.3, -0.25) is 4.68 Å². The molecule has 1 heterocycles. The third-order valence-electron chi connectivity index (χ3n) is 1.92. The summed E-state index contributed by atoms with van der Waals surface area (Å²) in [6, 6.07) is 8.53. The van der Waals surface area contributed by atoms with Crippen molar-refractivity contribution in [1.82, 2.24) is 9.78 Å². The SMILES string of the molecule is CC(C)n1n[c]c2ccccc21. The quantitative estimate of drug-likeness (QED) is 0.624. The van der Waals surface area contributed by atoms with Gasteiger partial charge in [-0.25, -0.2) is 0 Å². The third kappa shape index (κ3) is 0.998. The highest BCUT2D eigenvalue weighted by Gasteiger charge is 2.03. The van der Waals surface area contributed by atoms with Crippen LogP contribution in [0.15, 0.2) is 24.3 Å². The van der Waals surface area contributed by atoms with Crippen LogP contribution in [0.25, 0.3) is 10.9 Å². The first-order valence-corrected chi connectivity index (χ1v) is 4.14. The molecule has 0 aliphatic carbocycles. The maximum absolute atomic E-state index is 4.19. The molecular weight excluding hydrogens is 148 g/mol. The highest BCUT2D eigenvalue weighted by molar-refractivity contribution is 5.77. The number of para-hydroxylation sites is 1. The van der Waals surface area contributed by atoms with Gasteiger partial charge in [-0.05, 0) is 19.9 Å². The molecule has 61 valence electrons. The molecule has 2 rings (SSSR count). The molecule has 0 atom stereocenters. The predicted octanol–water partition coefficient (Wildman–Crippen LogP) is 2.42. The van der Waals surface area contributed by atoms with Crippen molar-refractivity contribution in [2.75, 3.05) is 0 Å². The molecule has 0 N–H and O–H groups in total. The minimum absolute atomic E-state index is 0.404. The molecule has 0 saturated heterocycles. The lowest BCUT2D eigenvalue weighted by Gasteiger charge is -2.05. The molecule has 1 aromatic heterocycles. The lowest BCUT2D eigenvalue weighted by atomic mass is 10.2. The van der Waals surface area contributed by atoms with Crippen LogP contribution in [0.4, 0.5) is 0 Å². The lowest BCUT2D eigenvalue weighted by Crippen LogP contribution is -2.01. The molecule has 0 unspecified atom stereocenters. The van der Waals surface area contributed by atoms with Crippen molar-refractivity contribution >= 4 is 10.9 Å². The number of rotatable bonds is 1. The first kappa shape index (κ1) is 7.35. The highest BCUT2D eigenvalue weighted by Crippen LogP contribution is 2.15. The Labute approximate surface area is 71.8 Å². The fourth-order valence-corrected chi connectivity index (χ4v) is 1.32. The van der Waals surface area contributed by atoms with Crippen LogP contribution in [-0.4, -0.2) is 9.78 Å². The van der Waals surface area contributed by atoms with Gasteiger partial charge in [0.05, 0.1) is 5.52 Å². The molecule has 1 radical (unpaired) electrons. The van der Waals surface area contributed by atoms with Crippen molar-refractivity contribution in [1.29, 1.82) is 0 Å². The molecule has 0 saturated carbocycles. The fourth-order valence-electron chi connectivity index (χ4n) is 1.32. The van der Waals surface area contributed by atoms with Gasteiger partial charge in [-0.15, -0.1) is 0 Å². The van der Waals surface area contributed by atoms with Crippen LogP contribution in [-0.2, 0) is 0 Å². The summed E-state index contributed by atoms with van der Waals surface area (Å²) in [5.74, 6) is 0. The van der Waals surface area contributed by atoms with Crippen LogP contribution in [0.1, 0.15) is 19.9 Å². The summed E-state index contributed by atoms with van der Waals surface area (Å²) in [4.78, 5) is 0. The maximum atomic E-state index is 4.19. The van der Waals surface area contributed by atoms with Crippen molar-refractivity contribution in [3.8, 4) is 0 Å². The zero-order chi connectivity index (χ0) is 8.55. The summed E-state index contributed by atoms with van der Waals surface area (Å²) in [6.07, 6.45) is 2.98. The summed E-state index contributed by atoms with van der Waals surface area (Å²) >= 11 is 0. The van der Waals surface area contributed by atoms with Gasteiger partial charge in [0.2, 0.25) is 0 Å². The van der Waals surface area contributed by atoms with Crippen molar-refractivity contribution in [2.24, 2.45) is 0 Å². The molecule has 12 heavy (non-hydrogen) atoms. The number of fused-ring (bicyclic) bond motifs is 1. The Morgan fingerprint density at radius 2 is 2.08 bits per heavy atom. The van der Waals surface area contributed by atoms with E-state index in [1.165, 1.54) is 0 Å². The van der Waals surface area contributed by atoms with E-state index in [9.17, 15) is 0 Å². The van der Waals surface area contributed by atoms with Gasteiger partial charge >= 0.3 is 0 Å². The van der Waals surface area contributed by atoms with Crippen LogP contribution < -0.4 is 0 Å². The molecule has 0 spiro atoms. The van der Waals surface area contributed by atoms with Gasteiger partial charge in [-0.2, -0.15) is 5.10 Å². The number of hydrogen-bond donors (Lipinski definition) is 0. The van der Waals surface area contributed by atoms with Crippen LogP contribution in [0, 0.1) is 6.20 Å². The van der Waals surface area contributed by atoms with Crippen LogP contribution in [0.2, 0.25) is 0 Å². The Morgan fingerprint density at radius 1 is 1.33 bits per heavy atom. The zero-order valence-corrected chi connectivity index (χ0v) is 7.28. The second kappa shape index (κ2) is 2.63. The zero-order valence-electron chi connectivity index (χ0n) is 7.28. The molecular formula is C10H11N2. The van der Waals surface area contributed by atoms with E-state index in [4.69, 9.17) is 0 Å². The van der Waals surface area contributed by atoms with Crippen LogP contribution in [0.3, 0.4) is 0 Å². The number of hydrogen-bond acceptors (Lipinski definition) is 1. The molecule has 2 nitrogen and oxygen atoms in total. The Kier molecular flexibility index (Phi) is 1.61. The van der Waals surface area contributed by atoms with Crippen molar-refractivity contribution < 1.29 is 0 Å². The summed E-state index contributed by atoms with van der Waals surface area (Å²) in [5, 5.41) is 5.28. The van der Waals surface area contributed by atoms with Crippen molar-refractivity contribution in [3.63, 3.8) is 0 Å². The van der Waals surface area contributed by atoms with E-state index in [-0.39, 0.29) is 0 Å². The van der Waals surface area contributed by atoms with E-state index in [0.717, 1.165) is 10.9 Å². The number of aromatic nitrogens is 2. The molecule has 2 aromatic rings. The second-order valence-electron chi connectivity index (χ2n) is 3.17. The molecule has 0 bridgehead atoms. The van der Waals surface area contributed by atoms with Gasteiger partial charge in [0.25, 0.3) is 0 Å². The Morgan fingerprint density at radius 3 is 2.83 bits per heavy atom. The Hall–Kier alpha value is -1.31. The first-order chi connectivity index (χ1) is 5.79. The van der Waals surface area contributed by atoms with E-state index >= 15 is 0 Å². The molecule has 0 aliphatic heterocycles. The summed E-state index contributed by atoms with van der Waals surface area (Å²) in [6.45, 7) is 4.24. The van der Waals surface area contributed by atoms with Gasteiger partial charge in [0.15, 0.2) is 0 Å². The average Bonchev–Trinajstić information content (AvgIpc) is 2.47. The van der Waals surface area contributed by atoms with E-state index in [1.807, 2.05) is 22.9 Å². The molecule has 0 aliphatic rings. The van der Waals surface area contributed by atoms with Gasteiger partial charge in [0, 0.05) is 11.4 Å². The number of benzene rings is 1. The third-order valence-corrected chi connectivity index (χ3v) is 1.92. The van der Waals surface area contributed by atoms with Crippen LogP contribution in [0.5, 0.6) is 0 Å². The second-order valence-corrected chi connectivity index (χ2v) is 3.17. The van der Waals surface area contributed by atoms with E-state index in [2.05, 4.69) is 31.2 Å². The van der Waals surface area contributed by atoms with E-state index in [0.29, 0.717) is 6.04 Å². The molecule has 0 amide bonds. The standard InChI is InChI=1S/C10H11N2/c1-8(2)12-10-6-4-3-5-9(10)7-11-12/h3-6,8H,1-2H3. The first-order valence-electron chi connectivity index (χ1n) is 4.14. The lowest BCUT2D eigenvalue weighted by molar-refractivity contribution is 0.550. The van der Waals surface area contributed by atoms with E-state index in [1.54, 1.807) is 0 Å². The van der Waals surface area contributed by atoms with Crippen molar-refractivity contribution in [2.45, 2.75) is 19.9 Å². The minimum Gasteiger partial charge on any atom is -0.262 e. The van der Waals surface area contributed by atoms with Gasteiger partial charge in [-0.1, -0.05) is 18.2 Å². The van der Waals surface area contributed by atoms with Crippen molar-refractivity contribution in [3.05, 3.63) is 30.5 Å². The summed E-state index contributed by atoms with van der Waals surface area (Å²) in [7, 11) is 0. The normalized spacial score (nSPS) is 11.2. The summed E-state index contributed by atoms with van der Waals surface area (Å²) in [5.41, 5.74) is 1.16.